The van der Waals surface area contributed by atoms with Gasteiger partial charge < -0.3 is 4.57 Å². The Morgan fingerprint density at radius 2 is 0.955 bits per heavy atom. The maximum Gasteiger partial charge on any atom is 0.164 e. The van der Waals surface area contributed by atoms with Crippen molar-refractivity contribution in [2.45, 2.75) is 0 Å². The van der Waals surface area contributed by atoms with E-state index >= 15 is 0 Å². The zero-order valence-electron chi connectivity index (χ0n) is 23.6. The molecule has 9 rings (SSSR count). The molecule has 0 amide bonds. The van der Waals surface area contributed by atoms with Crippen LogP contribution in [0.2, 0.25) is 0 Å². The maximum atomic E-state index is 5.11. The fraction of sp³-hybridized carbons (Fsp3) is 0. The summed E-state index contributed by atoms with van der Waals surface area (Å²) in [7, 11) is 0. The summed E-state index contributed by atoms with van der Waals surface area (Å²) in [5.41, 5.74) is 6.28. The number of rotatable bonds is 4. The Morgan fingerprint density at radius 3 is 1.75 bits per heavy atom. The smallest absolute Gasteiger partial charge is 0.164 e. The highest BCUT2D eigenvalue weighted by Gasteiger charge is 2.17. The Kier molecular flexibility index (Phi) is 5.64. The van der Waals surface area contributed by atoms with Gasteiger partial charge in [-0.15, -0.1) is 11.3 Å². The largest absolute Gasteiger partial charge is 0.309 e. The molecule has 0 atom stereocenters. The molecule has 0 aliphatic rings. The lowest BCUT2D eigenvalue weighted by molar-refractivity contribution is 1.07. The molecule has 3 aromatic heterocycles. The third kappa shape index (κ3) is 4.02. The molecule has 0 saturated carbocycles. The summed E-state index contributed by atoms with van der Waals surface area (Å²) in [5, 5.41) is 4.89. The van der Waals surface area contributed by atoms with E-state index in [1.165, 1.54) is 36.5 Å². The van der Waals surface area contributed by atoms with Crippen molar-refractivity contribution < 1.29 is 0 Å². The van der Waals surface area contributed by atoms with Gasteiger partial charge in [0.05, 0.1) is 11.0 Å². The van der Waals surface area contributed by atoms with Gasteiger partial charge >= 0.3 is 0 Å². The molecule has 9 aromatic rings. The molecule has 0 saturated heterocycles. The Labute approximate surface area is 257 Å². The number of hydrogen-bond acceptors (Lipinski definition) is 4. The molecule has 0 radical (unpaired) electrons. The van der Waals surface area contributed by atoms with Crippen molar-refractivity contribution in [3.05, 3.63) is 146 Å². The molecule has 0 N–H and O–H groups in total. The Balaban J connectivity index is 1.28. The fourth-order valence-corrected chi connectivity index (χ4v) is 7.27. The van der Waals surface area contributed by atoms with Gasteiger partial charge in [0.2, 0.25) is 0 Å². The van der Waals surface area contributed by atoms with Gasteiger partial charge in [-0.25, -0.2) is 15.0 Å². The minimum atomic E-state index is 0.649. The highest BCUT2D eigenvalue weighted by Crippen LogP contribution is 2.37. The van der Waals surface area contributed by atoms with E-state index in [0.29, 0.717) is 17.5 Å². The first-order valence-corrected chi connectivity index (χ1v) is 15.4. The van der Waals surface area contributed by atoms with E-state index in [4.69, 9.17) is 15.0 Å². The average molecular weight is 581 g/mol. The molecular weight excluding hydrogens is 557 g/mol. The van der Waals surface area contributed by atoms with Crippen molar-refractivity contribution in [3.63, 3.8) is 0 Å². The van der Waals surface area contributed by atoms with Crippen LogP contribution >= 0.6 is 11.3 Å². The van der Waals surface area contributed by atoms with Crippen LogP contribution in [0.5, 0.6) is 0 Å². The van der Waals surface area contributed by atoms with Gasteiger partial charge in [-0.3, -0.25) is 0 Å². The van der Waals surface area contributed by atoms with E-state index in [1.54, 1.807) is 0 Å². The summed E-state index contributed by atoms with van der Waals surface area (Å²) in [6.45, 7) is 0. The molecule has 0 fully saturated rings. The molecule has 3 heterocycles. The van der Waals surface area contributed by atoms with E-state index in [0.717, 1.165) is 27.9 Å². The summed E-state index contributed by atoms with van der Waals surface area (Å²) in [4.78, 5) is 15.1. The van der Waals surface area contributed by atoms with Crippen LogP contribution in [0.25, 0.3) is 81.8 Å². The zero-order valence-corrected chi connectivity index (χ0v) is 24.4. The number of thiophene rings is 1. The molecule has 0 spiro atoms. The van der Waals surface area contributed by atoms with Gasteiger partial charge in [0.1, 0.15) is 0 Å². The minimum absolute atomic E-state index is 0.649. The third-order valence-corrected chi connectivity index (χ3v) is 9.40. The fourth-order valence-electron chi connectivity index (χ4n) is 6.18. The van der Waals surface area contributed by atoms with Crippen molar-refractivity contribution in [2.75, 3.05) is 0 Å². The van der Waals surface area contributed by atoms with Crippen LogP contribution in [0, 0.1) is 0 Å². The Hall–Kier alpha value is -5.65. The number of aromatic nitrogens is 4. The van der Waals surface area contributed by atoms with Gasteiger partial charge in [-0.05, 0) is 48.5 Å². The molecule has 0 aliphatic carbocycles. The van der Waals surface area contributed by atoms with E-state index in [1.807, 2.05) is 29.5 Å². The predicted octanol–water partition coefficient (Wildman–Crippen LogP) is 10.3. The van der Waals surface area contributed by atoms with Gasteiger partial charge in [0.15, 0.2) is 17.5 Å². The molecule has 206 valence electrons. The molecule has 0 aliphatic heterocycles. The molecule has 4 nitrogen and oxygen atoms in total. The summed E-state index contributed by atoms with van der Waals surface area (Å²) in [5.74, 6) is 1.97. The Morgan fingerprint density at radius 1 is 0.386 bits per heavy atom. The third-order valence-electron chi connectivity index (χ3n) is 8.25. The van der Waals surface area contributed by atoms with Crippen LogP contribution in [-0.2, 0) is 0 Å². The molecule has 0 bridgehead atoms. The number of nitrogens with zero attached hydrogens (tertiary/aromatic N) is 4. The maximum absolute atomic E-state index is 5.11. The van der Waals surface area contributed by atoms with Gasteiger partial charge in [0.25, 0.3) is 0 Å². The quantitative estimate of drug-likeness (QED) is 0.208. The average Bonchev–Trinajstić information content (AvgIpc) is 3.64. The van der Waals surface area contributed by atoms with E-state index in [-0.39, 0.29) is 0 Å². The van der Waals surface area contributed by atoms with Gasteiger partial charge in [-0.1, -0.05) is 97.1 Å². The lowest BCUT2D eigenvalue weighted by atomic mass is 10.1. The summed E-state index contributed by atoms with van der Waals surface area (Å²) < 4.78 is 4.86. The normalized spacial score (nSPS) is 11.6. The molecule has 44 heavy (non-hydrogen) atoms. The van der Waals surface area contributed by atoms with Crippen LogP contribution in [0.3, 0.4) is 0 Å². The van der Waals surface area contributed by atoms with Gasteiger partial charge in [-0.2, -0.15) is 0 Å². The van der Waals surface area contributed by atoms with Crippen molar-refractivity contribution in [2.24, 2.45) is 0 Å². The standard InChI is InChI=1S/C39H24N4S/c1-3-11-25(12-4-1)37-40-38(26-20-22-36-32(23-26)31-16-8-10-18-35(31)44-36)42-39(41-37)27-19-21-30-29-15-7-9-17-33(29)43(34(30)24-27)28-13-5-2-6-14-28/h1-24H. The second kappa shape index (κ2) is 9.97. The zero-order chi connectivity index (χ0) is 29.0. The topological polar surface area (TPSA) is 43.6 Å². The molecular formula is C39H24N4S. The lowest BCUT2D eigenvalue weighted by Crippen LogP contribution is -2.00. The van der Waals surface area contributed by atoms with Crippen LogP contribution in [0.15, 0.2) is 146 Å². The summed E-state index contributed by atoms with van der Waals surface area (Å²) in [6, 6.07) is 50.9. The van der Waals surface area contributed by atoms with E-state index in [2.05, 4.69) is 132 Å². The first kappa shape index (κ1) is 24.9. The number of para-hydroxylation sites is 2. The Bertz CT molecular complexity index is 2490. The summed E-state index contributed by atoms with van der Waals surface area (Å²) in [6.07, 6.45) is 0. The second-order valence-electron chi connectivity index (χ2n) is 10.9. The van der Waals surface area contributed by atoms with Gasteiger partial charge in [0, 0.05) is 53.3 Å². The molecule has 6 aromatic carbocycles. The summed E-state index contributed by atoms with van der Waals surface area (Å²) >= 11 is 1.81. The predicted molar refractivity (Wildman–Crippen MR) is 183 cm³/mol. The second-order valence-corrected chi connectivity index (χ2v) is 12.0. The van der Waals surface area contributed by atoms with Crippen LogP contribution in [0.1, 0.15) is 0 Å². The van der Waals surface area contributed by atoms with Crippen molar-refractivity contribution in [3.8, 4) is 39.9 Å². The van der Waals surface area contributed by atoms with Crippen molar-refractivity contribution in [1.29, 1.82) is 0 Å². The SMILES string of the molecule is c1ccc(-c2nc(-c3ccc4sc5ccccc5c4c3)nc(-c3ccc4c5ccccc5n(-c5ccccc5)c4c3)n2)cc1. The van der Waals surface area contributed by atoms with Crippen molar-refractivity contribution in [1.82, 2.24) is 19.5 Å². The lowest BCUT2D eigenvalue weighted by Gasteiger charge is -2.10. The van der Waals surface area contributed by atoms with Crippen LogP contribution in [0.4, 0.5) is 0 Å². The highest BCUT2D eigenvalue weighted by atomic mass is 32.1. The molecule has 5 heteroatoms. The van der Waals surface area contributed by atoms with E-state index in [9.17, 15) is 0 Å². The minimum Gasteiger partial charge on any atom is -0.309 e. The first-order chi connectivity index (χ1) is 21.8. The van der Waals surface area contributed by atoms with Crippen LogP contribution in [-0.4, -0.2) is 19.5 Å². The van der Waals surface area contributed by atoms with Crippen molar-refractivity contribution >= 4 is 53.3 Å². The van der Waals surface area contributed by atoms with E-state index < -0.39 is 0 Å². The number of hydrogen-bond donors (Lipinski definition) is 0. The first-order valence-electron chi connectivity index (χ1n) is 14.6. The highest BCUT2D eigenvalue weighted by molar-refractivity contribution is 7.25. The number of benzene rings is 6. The molecule has 0 unspecified atom stereocenters. The van der Waals surface area contributed by atoms with Crippen LogP contribution < -0.4 is 0 Å². The number of fused-ring (bicyclic) bond motifs is 6. The monoisotopic (exact) mass is 580 g/mol.